The summed E-state index contributed by atoms with van der Waals surface area (Å²) < 4.78 is 4.66. The molecule has 1 amide bonds. The third-order valence-electron chi connectivity index (χ3n) is 2.49. The van der Waals surface area contributed by atoms with Gasteiger partial charge in [0.05, 0.1) is 7.11 Å². The van der Waals surface area contributed by atoms with E-state index in [9.17, 15) is 9.59 Å². The van der Waals surface area contributed by atoms with Crippen molar-refractivity contribution in [1.29, 1.82) is 0 Å². The molecule has 0 unspecified atom stereocenters. The predicted octanol–water partition coefficient (Wildman–Crippen LogP) is 1.92. The molecule has 0 spiro atoms. The molecule has 0 bridgehead atoms. The van der Waals surface area contributed by atoms with Gasteiger partial charge in [0.1, 0.15) is 6.04 Å². The number of allylic oxidation sites excluding steroid dienone is 1. The van der Waals surface area contributed by atoms with Crippen LogP contribution in [0.15, 0.2) is 43.0 Å². The fourth-order valence-corrected chi connectivity index (χ4v) is 1.51. The highest BCUT2D eigenvalue weighted by molar-refractivity contribution is 5.96. The summed E-state index contributed by atoms with van der Waals surface area (Å²) in [4.78, 5) is 23.4. The van der Waals surface area contributed by atoms with E-state index in [-0.39, 0.29) is 5.91 Å². The summed E-state index contributed by atoms with van der Waals surface area (Å²) in [7, 11) is 1.30. The highest BCUT2D eigenvalue weighted by atomic mass is 16.5. The smallest absolute Gasteiger partial charge is 0.328 e. The normalized spacial score (nSPS) is 11.4. The maximum atomic E-state index is 11.9. The van der Waals surface area contributed by atoms with E-state index < -0.39 is 12.0 Å². The van der Waals surface area contributed by atoms with E-state index >= 15 is 0 Å². The summed E-state index contributed by atoms with van der Waals surface area (Å²) in [6.45, 7) is 3.59. The third kappa shape index (κ3) is 4.05. The zero-order chi connectivity index (χ0) is 13.4. The molecule has 0 radical (unpaired) electrons. The van der Waals surface area contributed by atoms with Gasteiger partial charge in [-0.1, -0.05) is 24.3 Å². The monoisotopic (exact) mass is 247 g/mol. The van der Waals surface area contributed by atoms with Gasteiger partial charge >= 0.3 is 5.97 Å². The Morgan fingerprint density at radius 2 is 2.06 bits per heavy atom. The van der Waals surface area contributed by atoms with Gasteiger partial charge in [-0.2, -0.15) is 0 Å². The lowest BCUT2D eigenvalue weighted by atomic mass is 10.1. The first-order chi connectivity index (χ1) is 8.69. The van der Waals surface area contributed by atoms with Crippen LogP contribution in [0.1, 0.15) is 23.2 Å². The lowest BCUT2D eigenvalue weighted by Crippen LogP contribution is -2.41. The van der Waals surface area contributed by atoms with Crippen LogP contribution in [0.25, 0.3) is 0 Å². The topological polar surface area (TPSA) is 55.4 Å². The van der Waals surface area contributed by atoms with Crippen LogP contribution in [-0.2, 0) is 9.53 Å². The summed E-state index contributed by atoms with van der Waals surface area (Å²) in [6.07, 6.45) is 2.81. The molecule has 0 aliphatic heterocycles. The fourth-order valence-electron chi connectivity index (χ4n) is 1.51. The van der Waals surface area contributed by atoms with Gasteiger partial charge in [-0.15, -0.1) is 6.58 Å². The van der Waals surface area contributed by atoms with Gasteiger partial charge in [-0.25, -0.2) is 4.79 Å². The number of carbonyl (C=O) groups excluding carboxylic acids is 2. The Kier molecular flexibility index (Phi) is 5.64. The van der Waals surface area contributed by atoms with Crippen LogP contribution < -0.4 is 5.32 Å². The summed E-state index contributed by atoms with van der Waals surface area (Å²) in [6, 6.07) is 8.11. The third-order valence-corrected chi connectivity index (χ3v) is 2.49. The molecule has 0 saturated heterocycles. The molecule has 1 aromatic carbocycles. The Balaban J connectivity index is 2.68. The van der Waals surface area contributed by atoms with Crippen molar-refractivity contribution < 1.29 is 14.3 Å². The molecule has 1 atom stereocenters. The average Bonchev–Trinajstić information content (AvgIpc) is 2.43. The van der Waals surface area contributed by atoms with E-state index in [1.165, 1.54) is 7.11 Å². The molecule has 1 aromatic rings. The van der Waals surface area contributed by atoms with E-state index in [1.807, 2.05) is 6.07 Å². The summed E-state index contributed by atoms with van der Waals surface area (Å²) in [5.41, 5.74) is 0.519. The zero-order valence-electron chi connectivity index (χ0n) is 10.4. The van der Waals surface area contributed by atoms with E-state index in [2.05, 4.69) is 16.6 Å². The minimum absolute atomic E-state index is 0.282. The molecule has 0 aromatic heterocycles. The second-order valence-electron chi connectivity index (χ2n) is 3.78. The number of carbonyl (C=O) groups is 2. The Hall–Kier alpha value is -2.10. The lowest BCUT2D eigenvalue weighted by molar-refractivity contribution is -0.143. The number of esters is 1. The molecule has 1 N–H and O–H groups in total. The van der Waals surface area contributed by atoms with Gasteiger partial charge in [0.15, 0.2) is 0 Å². The molecule has 96 valence electrons. The highest BCUT2D eigenvalue weighted by Crippen LogP contribution is 2.04. The van der Waals surface area contributed by atoms with Gasteiger partial charge < -0.3 is 10.1 Å². The Bertz CT molecular complexity index is 414. The number of nitrogens with one attached hydrogen (secondary N) is 1. The first kappa shape index (κ1) is 14.0. The van der Waals surface area contributed by atoms with Crippen molar-refractivity contribution in [2.45, 2.75) is 18.9 Å². The zero-order valence-corrected chi connectivity index (χ0v) is 10.4. The molecule has 0 heterocycles. The van der Waals surface area contributed by atoms with Crippen molar-refractivity contribution in [2.75, 3.05) is 7.11 Å². The summed E-state index contributed by atoms with van der Waals surface area (Å²) in [5, 5.41) is 2.66. The lowest BCUT2D eigenvalue weighted by Gasteiger charge is -2.15. The van der Waals surface area contributed by atoms with E-state index in [0.717, 1.165) is 0 Å². The van der Waals surface area contributed by atoms with Gasteiger partial charge in [0, 0.05) is 5.56 Å². The summed E-state index contributed by atoms with van der Waals surface area (Å²) >= 11 is 0. The standard InChI is InChI=1S/C14H17NO3/c1-3-4-10-12(14(17)18-2)15-13(16)11-8-6-5-7-9-11/h3,5-9,12H,1,4,10H2,2H3,(H,15,16)/t12-/m1/s1. The van der Waals surface area contributed by atoms with Crippen molar-refractivity contribution in [1.82, 2.24) is 5.32 Å². The van der Waals surface area contributed by atoms with E-state index in [1.54, 1.807) is 30.3 Å². The molecular formula is C14H17NO3. The van der Waals surface area contributed by atoms with Gasteiger partial charge in [-0.3, -0.25) is 4.79 Å². The van der Waals surface area contributed by atoms with Crippen molar-refractivity contribution in [3.8, 4) is 0 Å². The Morgan fingerprint density at radius 3 is 2.61 bits per heavy atom. The molecule has 4 nitrogen and oxygen atoms in total. The average molecular weight is 247 g/mol. The van der Waals surface area contributed by atoms with E-state index in [0.29, 0.717) is 18.4 Å². The van der Waals surface area contributed by atoms with Gasteiger partial charge in [0.2, 0.25) is 0 Å². The summed E-state index contributed by atoms with van der Waals surface area (Å²) in [5.74, 6) is -0.726. The van der Waals surface area contributed by atoms with Crippen LogP contribution in [0.3, 0.4) is 0 Å². The van der Waals surface area contributed by atoms with Crippen LogP contribution in [0.4, 0.5) is 0 Å². The maximum absolute atomic E-state index is 11.9. The van der Waals surface area contributed by atoms with E-state index in [4.69, 9.17) is 0 Å². The molecule has 18 heavy (non-hydrogen) atoms. The number of benzene rings is 1. The molecule has 0 fully saturated rings. The van der Waals surface area contributed by atoms with Gasteiger partial charge in [0.25, 0.3) is 5.91 Å². The number of hydrogen-bond acceptors (Lipinski definition) is 3. The van der Waals surface area contributed by atoms with Crippen molar-refractivity contribution in [3.05, 3.63) is 48.6 Å². The minimum atomic E-state index is -0.638. The second kappa shape index (κ2) is 7.27. The maximum Gasteiger partial charge on any atom is 0.328 e. The Labute approximate surface area is 107 Å². The van der Waals surface area contributed by atoms with Crippen LogP contribution >= 0.6 is 0 Å². The van der Waals surface area contributed by atoms with Crippen molar-refractivity contribution >= 4 is 11.9 Å². The number of rotatable bonds is 6. The number of ether oxygens (including phenoxy) is 1. The van der Waals surface area contributed by atoms with Crippen molar-refractivity contribution in [3.63, 3.8) is 0 Å². The molecule has 1 rings (SSSR count). The minimum Gasteiger partial charge on any atom is -0.467 e. The van der Waals surface area contributed by atoms with Gasteiger partial charge in [-0.05, 0) is 25.0 Å². The molecule has 4 heteroatoms. The number of hydrogen-bond donors (Lipinski definition) is 1. The second-order valence-corrected chi connectivity index (χ2v) is 3.78. The molecule has 0 saturated carbocycles. The largest absolute Gasteiger partial charge is 0.467 e. The highest BCUT2D eigenvalue weighted by Gasteiger charge is 2.20. The van der Waals surface area contributed by atoms with Crippen LogP contribution in [0.2, 0.25) is 0 Å². The SMILES string of the molecule is C=CCC[C@@H](NC(=O)c1ccccc1)C(=O)OC. The van der Waals surface area contributed by atoms with Crippen LogP contribution in [0.5, 0.6) is 0 Å². The van der Waals surface area contributed by atoms with Crippen molar-refractivity contribution in [2.24, 2.45) is 0 Å². The Morgan fingerprint density at radius 1 is 1.39 bits per heavy atom. The fraction of sp³-hybridized carbons (Fsp3) is 0.286. The number of amides is 1. The number of methoxy groups -OCH3 is 1. The predicted molar refractivity (Wildman–Crippen MR) is 69.1 cm³/mol. The quantitative estimate of drug-likeness (QED) is 0.617. The first-order valence-electron chi connectivity index (χ1n) is 5.73. The first-order valence-corrected chi connectivity index (χ1v) is 5.73. The van der Waals surface area contributed by atoms with Crippen LogP contribution in [0, 0.1) is 0 Å². The molecule has 0 aliphatic rings. The van der Waals surface area contributed by atoms with Crippen LogP contribution in [-0.4, -0.2) is 25.0 Å². The molecule has 0 aliphatic carbocycles. The molecular weight excluding hydrogens is 230 g/mol.